The van der Waals surface area contributed by atoms with Gasteiger partial charge in [0.2, 0.25) is 0 Å². The second kappa shape index (κ2) is 5.44. The van der Waals surface area contributed by atoms with Gasteiger partial charge < -0.3 is 5.32 Å². The fourth-order valence-corrected chi connectivity index (χ4v) is 3.41. The van der Waals surface area contributed by atoms with E-state index in [1.54, 1.807) is 0 Å². The lowest BCUT2D eigenvalue weighted by Gasteiger charge is -2.23. The molecule has 1 fully saturated rings. The van der Waals surface area contributed by atoms with Crippen molar-refractivity contribution >= 4 is 32.4 Å². The normalized spacial score (nSPS) is 24.6. The third-order valence-electron chi connectivity index (χ3n) is 2.76. The Bertz CT molecular complexity index is 445. The zero-order chi connectivity index (χ0) is 12.4. The Morgan fingerprint density at radius 1 is 1.24 bits per heavy atom. The monoisotopic (exact) mass is 323 g/mol. The van der Waals surface area contributed by atoms with Gasteiger partial charge in [-0.3, -0.25) is 4.21 Å². The van der Waals surface area contributed by atoms with E-state index in [4.69, 9.17) is 0 Å². The Balaban J connectivity index is 2.08. The highest BCUT2D eigenvalue weighted by Crippen LogP contribution is 2.25. The number of nitrogens with one attached hydrogen (secondary N) is 1. The summed E-state index contributed by atoms with van der Waals surface area (Å²) in [7, 11) is -0.748. The highest BCUT2D eigenvalue weighted by molar-refractivity contribution is 9.10. The summed E-state index contributed by atoms with van der Waals surface area (Å²) in [6.07, 6.45) is 1.45. The molecule has 0 aliphatic carbocycles. The van der Waals surface area contributed by atoms with Gasteiger partial charge in [0.15, 0.2) is 0 Å². The Morgan fingerprint density at radius 2 is 1.88 bits per heavy atom. The molecule has 1 aromatic rings. The molecule has 0 unspecified atom stereocenters. The summed E-state index contributed by atoms with van der Waals surface area (Å²) in [5.41, 5.74) is 0.170. The summed E-state index contributed by atoms with van der Waals surface area (Å²) in [6.45, 7) is 0. The van der Waals surface area contributed by atoms with Crippen LogP contribution < -0.4 is 5.32 Å². The molecule has 2 rings (SSSR count). The number of hydrogen-bond acceptors (Lipinski definition) is 2. The molecule has 0 saturated carbocycles. The van der Waals surface area contributed by atoms with Crippen LogP contribution in [0.15, 0.2) is 16.6 Å². The van der Waals surface area contributed by atoms with Crippen LogP contribution in [0.4, 0.5) is 14.5 Å². The van der Waals surface area contributed by atoms with Crippen LogP contribution in [-0.2, 0) is 10.8 Å². The molecule has 1 saturated heterocycles. The van der Waals surface area contributed by atoms with Crippen molar-refractivity contribution in [3.8, 4) is 0 Å². The summed E-state index contributed by atoms with van der Waals surface area (Å²) in [6, 6.07) is 2.33. The van der Waals surface area contributed by atoms with Crippen molar-refractivity contribution in [2.45, 2.75) is 18.9 Å². The molecule has 0 aromatic heterocycles. The van der Waals surface area contributed by atoms with Crippen LogP contribution in [0.5, 0.6) is 0 Å². The number of rotatable bonds is 2. The molecule has 1 heterocycles. The average Bonchev–Trinajstić information content (AvgIpc) is 2.29. The minimum absolute atomic E-state index is 0.0720. The highest BCUT2D eigenvalue weighted by Gasteiger charge is 2.19. The predicted octanol–water partition coefficient (Wildman–Crippen LogP) is 3.05. The zero-order valence-corrected chi connectivity index (χ0v) is 11.4. The van der Waals surface area contributed by atoms with Crippen LogP contribution in [0.1, 0.15) is 12.8 Å². The summed E-state index contributed by atoms with van der Waals surface area (Å²) in [5, 5.41) is 2.97. The molecule has 1 aliphatic heterocycles. The molecular weight excluding hydrogens is 312 g/mol. The maximum Gasteiger partial charge on any atom is 0.147 e. The van der Waals surface area contributed by atoms with E-state index in [1.807, 2.05) is 0 Å². The molecule has 0 spiro atoms. The molecular formula is C11H12BrF2NOS. The molecule has 17 heavy (non-hydrogen) atoms. The van der Waals surface area contributed by atoms with Gasteiger partial charge in [-0.2, -0.15) is 0 Å². The first-order chi connectivity index (χ1) is 8.06. The molecule has 0 radical (unpaired) electrons. The third-order valence-corrected chi connectivity index (χ3v) is 4.75. The van der Waals surface area contributed by atoms with Crippen LogP contribution in [-0.4, -0.2) is 21.8 Å². The third kappa shape index (κ3) is 3.25. The van der Waals surface area contributed by atoms with Gasteiger partial charge in [0.1, 0.15) is 11.6 Å². The van der Waals surface area contributed by atoms with E-state index in [-0.39, 0.29) is 16.2 Å². The van der Waals surface area contributed by atoms with E-state index < -0.39 is 22.4 Å². The van der Waals surface area contributed by atoms with Crippen molar-refractivity contribution < 1.29 is 13.0 Å². The minimum atomic E-state index is -0.748. The van der Waals surface area contributed by atoms with E-state index in [9.17, 15) is 13.0 Å². The second-order valence-corrected chi connectivity index (χ2v) is 6.56. The van der Waals surface area contributed by atoms with E-state index in [0.29, 0.717) is 11.5 Å². The molecule has 1 N–H and O–H groups in total. The Morgan fingerprint density at radius 3 is 2.53 bits per heavy atom. The van der Waals surface area contributed by atoms with E-state index in [0.717, 1.165) is 25.0 Å². The fraction of sp³-hybridized carbons (Fsp3) is 0.455. The standard InChI is InChI=1S/C11H12BrF2NOS/c12-8-5-10(14)11(6-9(8)13)15-7-1-3-17(16)4-2-7/h5-7,15H,1-4H2. The van der Waals surface area contributed by atoms with Gasteiger partial charge in [0.05, 0.1) is 10.2 Å². The van der Waals surface area contributed by atoms with Gasteiger partial charge in [-0.25, -0.2) is 8.78 Å². The Hall–Kier alpha value is -0.490. The first-order valence-electron chi connectivity index (χ1n) is 5.32. The lowest BCUT2D eigenvalue weighted by molar-refractivity contribution is 0.585. The number of hydrogen-bond donors (Lipinski definition) is 1. The van der Waals surface area contributed by atoms with Gasteiger partial charge in [-0.15, -0.1) is 0 Å². The molecule has 94 valence electrons. The zero-order valence-electron chi connectivity index (χ0n) is 9.01. The molecule has 0 atom stereocenters. The van der Waals surface area contributed by atoms with Crippen molar-refractivity contribution in [3.63, 3.8) is 0 Å². The lowest BCUT2D eigenvalue weighted by Crippen LogP contribution is -2.29. The first-order valence-corrected chi connectivity index (χ1v) is 7.60. The van der Waals surface area contributed by atoms with Gasteiger partial charge >= 0.3 is 0 Å². The smallest absolute Gasteiger partial charge is 0.147 e. The SMILES string of the molecule is O=S1CCC(Nc2cc(F)c(Br)cc2F)CC1. The largest absolute Gasteiger partial charge is 0.380 e. The molecule has 6 heteroatoms. The van der Waals surface area contributed by atoms with E-state index in [2.05, 4.69) is 21.2 Å². The summed E-state index contributed by atoms with van der Waals surface area (Å²) in [4.78, 5) is 0. The van der Waals surface area contributed by atoms with E-state index in [1.165, 1.54) is 0 Å². The second-order valence-electron chi connectivity index (χ2n) is 4.01. The number of benzene rings is 1. The number of halogens is 3. The summed E-state index contributed by atoms with van der Waals surface area (Å²) in [5.74, 6) is 0.273. The number of anilines is 1. The minimum Gasteiger partial charge on any atom is -0.380 e. The topological polar surface area (TPSA) is 29.1 Å². The highest BCUT2D eigenvalue weighted by atomic mass is 79.9. The maximum atomic E-state index is 13.5. The van der Waals surface area contributed by atoms with Crippen molar-refractivity contribution in [1.82, 2.24) is 0 Å². The maximum absolute atomic E-state index is 13.5. The van der Waals surface area contributed by atoms with Crippen molar-refractivity contribution in [2.24, 2.45) is 0 Å². The van der Waals surface area contributed by atoms with Crippen LogP contribution in [0.25, 0.3) is 0 Å². The van der Waals surface area contributed by atoms with Crippen LogP contribution in [0.2, 0.25) is 0 Å². The van der Waals surface area contributed by atoms with Gasteiger partial charge in [-0.1, -0.05) is 0 Å². The van der Waals surface area contributed by atoms with Gasteiger partial charge in [0.25, 0.3) is 0 Å². The predicted molar refractivity (Wildman–Crippen MR) is 68.6 cm³/mol. The van der Waals surface area contributed by atoms with Gasteiger partial charge in [0, 0.05) is 34.4 Å². The molecule has 2 nitrogen and oxygen atoms in total. The summed E-state index contributed by atoms with van der Waals surface area (Å²) >= 11 is 2.93. The first kappa shape index (κ1) is 13.0. The van der Waals surface area contributed by atoms with Crippen molar-refractivity contribution in [3.05, 3.63) is 28.2 Å². The molecule has 0 bridgehead atoms. The Kier molecular flexibility index (Phi) is 4.14. The van der Waals surface area contributed by atoms with E-state index >= 15 is 0 Å². The molecule has 1 aromatic carbocycles. The summed E-state index contributed by atoms with van der Waals surface area (Å²) < 4.78 is 38.1. The fourth-order valence-electron chi connectivity index (χ4n) is 1.79. The van der Waals surface area contributed by atoms with Crippen LogP contribution in [0.3, 0.4) is 0 Å². The average molecular weight is 324 g/mol. The van der Waals surface area contributed by atoms with Gasteiger partial charge in [-0.05, 0) is 34.8 Å². The Labute approximate surface area is 109 Å². The van der Waals surface area contributed by atoms with Crippen LogP contribution >= 0.6 is 15.9 Å². The van der Waals surface area contributed by atoms with Crippen LogP contribution in [0, 0.1) is 11.6 Å². The molecule has 1 aliphatic rings. The van der Waals surface area contributed by atoms with Crippen molar-refractivity contribution in [2.75, 3.05) is 16.8 Å². The lowest BCUT2D eigenvalue weighted by atomic mass is 10.1. The van der Waals surface area contributed by atoms with Crippen molar-refractivity contribution in [1.29, 1.82) is 0 Å². The molecule has 0 amide bonds. The quantitative estimate of drug-likeness (QED) is 0.847.